The minimum atomic E-state index is -0.697. The summed E-state index contributed by atoms with van der Waals surface area (Å²) in [5, 5.41) is 2.97. The SMILES string of the molecule is CC(Cc1ccc(F)c(Br)c1)NC(=O)C1(N)CCCC1.Cl. The van der Waals surface area contributed by atoms with E-state index in [-0.39, 0.29) is 30.2 Å². The van der Waals surface area contributed by atoms with Crippen molar-refractivity contribution >= 4 is 34.2 Å². The Morgan fingerprint density at radius 3 is 2.67 bits per heavy atom. The van der Waals surface area contributed by atoms with Gasteiger partial charge in [0.1, 0.15) is 5.82 Å². The van der Waals surface area contributed by atoms with Gasteiger partial charge < -0.3 is 11.1 Å². The first-order valence-electron chi connectivity index (χ1n) is 6.94. The summed E-state index contributed by atoms with van der Waals surface area (Å²) < 4.78 is 13.6. The molecule has 0 bridgehead atoms. The molecule has 0 spiro atoms. The van der Waals surface area contributed by atoms with Crippen molar-refractivity contribution in [3.8, 4) is 0 Å². The Bertz CT molecular complexity index is 506. The van der Waals surface area contributed by atoms with Crippen molar-refractivity contribution in [1.82, 2.24) is 5.32 Å². The highest BCUT2D eigenvalue weighted by Gasteiger charge is 2.37. The molecule has 1 fully saturated rings. The topological polar surface area (TPSA) is 55.1 Å². The van der Waals surface area contributed by atoms with Gasteiger partial charge in [0.2, 0.25) is 5.91 Å². The van der Waals surface area contributed by atoms with E-state index in [0.717, 1.165) is 31.2 Å². The first kappa shape index (κ1) is 18.4. The van der Waals surface area contributed by atoms with Gasteiger partial charge in [0, 0.05) is 6.04 Å². The lowest BCUT2D eigenvalue weighted by Crippen LogP contribution is -2.54. The van der Waals surface area contributed by atoms with E-state index in [1.54, 1.807) is 12.1 Å². The van der Waals surface area contributed by atoms with Crippen LogP contribution < -0.4 is 11.1 Å². The van der Waals surface area contributed by atoms with E-state index in [1.807, 2.05) is 6.92 Å². The zero-order valence-corrected chi connectivity index (χ0v) is 14.4. The highest BCUT2D eigenvalue weighted by molar-refractivity contribution is 9.10. The van der Waals surface area contributed by atoms with Crippen LogP contribution in [0.4, 0.5) is 4.39 Å². The fourth-order valence-electron chi connectivity index (χ4n) is 2.67. The first-order valence-corrected chi connectivity index (χ1v) is 7.74. The van der Waals surface area contributed by atoms with Gasteiger partial charge in [-0.25, -0.2) is 4.39 Å². The molecule has 1 unspecified atom stereocenters. The molecule has 21 heavy (non-hydrogen) atoms. The Hall–Kier alpha value is -0.650. The van der Waals surface area contributed by atoms with Crippen molar-refractivity contribution < 1.29 is 9.18 Å². The fraction of sp³-hybridized carbons (Fsp3) is 0.533. The minimum Gasteiger partial charge on any atom is -0.352 e. The number of hydrogen-bond acceptors (Lipinski definition) is 2. The van der Waals surface area contributed by atoms with Crippen molar-refractivity contribution in [2.45, 2.75) is 50.6 Å². The van der Waals surface area contributed by atoms with Crippen molar-refractivity contribution in [2.75, 3.05) is 0 Å². The molecule has 0 aromatic heterocycles. The molecule has 2 rings (SSSR count). The number of hydrogen-bond donors (Lipinski definition) is 2. The van der Waals surface area contributed by atoms with E-state index in [4.69, 9.17) is 5.73 Å². The molecule has 1 saturated carbocycles. The van der Waals surface area contributed by atoms with E-state index >= 15 is 0 Å². The summed E-state index contributed by atoms with van der Waals surface area (Å²) >= 11 is 3.17. The number of nitrogens with one attached hydrogen (secondary N) is 1. The molecule has 1 amide bonds. The summed E-state index contributed by atoms with van der Waals surface area (Å²) in [6.45, 7) is 1.94. The smallest absolute Gasteiger partial charge is 0.240 e. The standard InChI is InChI=1S/C15H20BrFN2O.ClH/c1-10(8-11-4-5-13(17)12(16)9-11)19-14(20)15(18)6-2-3-7-15;/h4-5,9-10H,2-3,6-8,18H2,1H3,(H,19,20);1H. The maximum Gasteiger partial charge on any atom is 0.240 e. The third-order valence-electron chi connectivity index (χ3n) is 3.85. The van der Waals surface area contributed by atoms with Crippen LogP contribution in [0.25, 0.3) is 0 Å². The molecular weight excluding hydrogens is 359 g/mol. The van der Waals surface area contributed by atoms with Crippen molar-refractivity contribution in [3.63, 3.8) is 0 Å². The number of amides is 1. The average Bonchev–Trinajstić information content (AvgIpc) is 2.82. The number of nitrogens with two attached hydrogens (primary N) is 1. The van der Waals surface area contributed by atoms with Gasteiger partial charge >= 0.3 is 0 Å². The summed E-state index contributed by atoms with van der Waals surface area (Å²) in [6, 6.07) is 4.87. The number of benzene rings is 1. The summed E-state index contributed by atoms with van der Waals surface area (Å²) in [7, 11) is 0. The number of carbonyl (C=O) groups excluding carboxylic acids is 1. The number of rotatable bonds is 4. The molecule has 1 atom stereocenters. The van der Waals surface area contributed by atoms with Crippen LogP contribution in [0, 0.1) is 5.82 Å². The molecule has 0 radical (unpaired) electrons. The third kappa shape index (κ3) is 4.66. The lowest BCUT2D eigenvalue weighted by molar-refractivity contribution is -0.126. The van der Waals surface area contributed by atoms with Gasteiger partial charge in [0.15, 0.2) is 0 Å². The van der Waals surface area contributed by atoms with Crippen LogP contribution in [0.2, 0.25) is 0 Å². The summed E-state index contributed by atoms with van der Waals surface area (Å²) in [4.78, 5) is 12.2. The van der Waals surface area contributed by atoms with Crippen LogP contribution in [0.1, 0.15) is 38.2 Å². The number of carbonyl (C=O) groups is 1. The van der Waals surface area contributed by atoms with Gasteiger partial charge in [-0.3, -0.25) is 4.79 Å². The zero-order valence-electron chi connectivity index (χ0n) is 12.0. The molecular formula is C15H21BrClFN2O. The van der Waals surface area contributed by atoms with Crippen LogP contribution in [0.15, 0.2) is 22.7 Å². The molecule has 3 nitrogen and oxygen atoms in total. The Morgan fingerprint density at radius 2 is 2.10 bits per heavy atom. The monoisotopic (exact) mass is 378 g/mol. The van der Waals surface area contributed by atoms with E-state index in [0.29, 0.717) is 10.9 Å². The third-order valence-corrected chi connectivity index (χ3v) is 4.46. The van der Waals surface area contributed by atoms with E-state index in [9.17, 15) is 9.18 Å². The molecule has 1 aliphatic rings. The minimum absolute atomic E-state index is 0. The molecule has 0 aliphatic heterocycles. The summed E-state index contributed by atoms with van der Waals surface area (Å²) in [5.74, 6) is -0.346. The largest absolute Gasteiger partial charge is 0.352 e. The van der Waals surface area contributed by atoms with Gasteiger partial charge in [0.25, 0.3) is 0 Å². The Labute approximate surface area is 139 Å². The van der Waals surface area contributed by atoms with Gasteiger partial charge in [-0.05, 0) is 59.8 Å². The van der Waals surface area contributed by atoms with E-state index < -0.39 is 5.54 Å². The Kier molecular flexibility index (Phi) is 6.63. The maximum atomic E-state index is 13.2. The molecule has 1 aliphatic carbocycles. The van der Waals surface area contributed by atoms with Crippen LogP contribution in [0.3, 0.4) is 0 Å². The molecule has 6 heteroatoms. The zero-order chi connectivity index (χ0) is 14.8. The molecule has 118 valence electrons. The Morgan fingerprint density at radius 1 is 1.48 bits per heavy atom. The van der Waals surface area contributed by atoms with Crippen molar-refractivity contribution in [1.29, 1.82) is 0 Å². The van der Waals surface area contributed by atoms with Crippen LogP contribution in [-0.4, -0.2) is 17.5 Å². The highest BCUT2D eigenvalue weighted by Crippen LogP contribution is 2.27. The van der Waals surface area contributed by atoms with Crippen LogP contribution in [-0.2, 0) is 11.2 Å². The number of halogens is 3. The van der Waals surface area contributed by atoms with E-state index in [2.05, 4.69) is 21.2 Å². The fourth-order valence-corrected chi connectivity index (χ4v) is 3.10. The second-order valence-electron chi connectivity index (χ2n) is 5.69. The van der Waals surface area contributed by atoms with Gasteiger partial charge in [-0.2, -0.15) is 0 Å². The quantitative estimate of drug-likeness (QED) is 0.843. The van der Waals surface area contributed by atoms with Crippen molar-refractivity contribution in [2.24, 2.45) is 5.73 Å². The predicted molar refractivity (Wildman–Crippen MR) is 88.0 cm³/mol. The van der Waals surface area contributed by atoms with Gasteiger partial charge in [-0.15, -0.1) is 12.4 Å². The average molecular weight is 380 g/mol. The van der Waals surface area contributed by atoms with Crippen molar-refractivity contribution in [3.05, 3.63) is 34.1 Å². The predicted octanol–water partition coefficient (Wildman–Crippen LogP) is 3.33. The molecule has 3 N–H and O–H groups in total. The Balaban J connectivity index is 0.00000220. The van der Waals surface area contributed by atoms with Gasteiger partial charge in [-0.1, -0.05) is 18.9 Å². The lowest BCUT2D eigenvalue weighted by atomic mass is 9.97. The van der Waals surface area contributed by atoms with Crippen LogP contribution >= 0.6 is 28.3 Å². The molecule has 1 aromatic rings. The molecule has 1 aromatic carbocycles. The summed E-state index contributed by atoms with van der Waals surface area (Å²) in [5.41, 5.74) is 6.40. The highest BCUT2D eigenvalue weighted by atomic mass is 79.9. The van der Waals surface area contributed by atoms with Crippen LogP contribution in [0.5, 0.6) is 0 Å². The molecule has 0 saturated heterocycles. The second kappa shape index (κ2) is 7.56. The normalized spacial score (nSPS) is 17.9. The first-order chi connectivity index (χ1) is 9.40. The molecule has 0 heterocycles. The summed E-state index contributed by atoms with van der Waals surface area (Å²) in [6.07, 6.45) is 4.20. The lowest BCUT2D eigenvalue weighted by Gasteiger charge is -2.25. The second-order valence-corrected chi connectivity index (χ2v) is 6.54. The van der Waals surface area contributed by atoms with Gasteiger partial charge in [0.05, 0.1) is 10.0 Å². The maximum absolute atomic E-state index is 13.2. The van der Waals surface area contributed by atoms with E-state index in [1.165, 1.54) is 6.07 Å².